The van der Waals surface area contributed by atoms with Crippen molar-refractivity contribution in [3.05, 3.63) is 29.3 Å². The molecule has 1 radical (unpaired) electrons. The Balaban J connectivity index is 2.11. The van der Waals surface area contributed by atoms with Gasteiger partial charge < -0.3 is 4.90 Å². The van der Waals surface area contributed by atoms with Gasteiger partial charge in [-0.3, -0.25) is 0 Å². The van der Waals surface area contributed by atoms with Crippen molar-refractivity contribution in [3.8, 4) is 0 Å². The highest BCUT2D eigenvalue weighted by molar-refractivity contribution is 6.30. The molecule has 1 aromatic carbocycles. The van der Waals surface area contributed by atoms with Crippen LogP contribution in [0.4, 0.5) is 5.69 Å². The molecule has 1 saturated heterocycles. The van der Waals surface area contributed by atoms with Gasteiger partial charge in [-0.05, 0) is 44.0 Å². The number of hydrogen-bond acceptors (Lipinski definition) is 1. The van der Waals surface area contributed by atoms with Gasteiger partial charge in [-0.1, -0.05) is 11.6 Å². The summed E-state index contributed by atoms with van der Waals surface area (Å²) in [7, 11) is 0. The Morgan fingerprint density at radius 3 is 2.44 bits per heavy atom. The SMILES string of the molecule is CCN(c1ccc(Cl)cc1)C1CC[N]CC1. The van der Waals surface area contributed by atoms with Crippen molar-refractivity contribution in [1.82, 2.24) is 5.32 Å². The van der Waals surface area contributed by atoms with E-state index in [1.54, 1.807) is 0 Å². The van der Waals surface area contributed by atoms with Gasteiger partial charge in [-0.25, -0.2) is 5.32 Å². The molecule has 0 N–H and O–H groups in total. The number of halogens is 1. The molecule has 87 valence electrons. The second kappa shape index (κ2) is 5.55. The maximum Gasteiger partial charge on any atom is 0.0407 e. The molecule has 3 heteroatoms. The van der Waals surface area contributed by atoms with Crippen LogP contribution in [0.1, 0.15) is 19.8 Å². The molecule has 0 aliphatic carbocycles. The number of anilines is 1. The van der Waals surface area contributed by atoms with Crippen molar-refractivity contribution in [2.45, 2.75) is 25.8 Å². The Morgan fingerprint density at radius 1 is 1.25 bits per heavy atom. The number of benzene rings is 1. The molecule has 1 aliphatic rings. The van der Waals surface area contributed by atoms with E-state index in [1.165, 1.54) is 18.5 Å². The summed E-state index contributed by atoms with van der Waals surface area (Å²) < 4.78 is 0. The zero-order chi connectivity index (χ0) is 11.4. The number of rotatable bonds is 3. The van der Waals surface area contributed by atoms with Crippen molar-refractivity contribution in [2.24, 2.45) is 0 Å². The van der Waals surface area contributed by atoms with Gasteiger partial charge in [0, 0.05) is 36.4 Å². The minimum Gasteiger partial charge on any atom is -0.369 e. The van der Waals surface area contributed by atoms with Crippen LogP contribution in [-0.4, -0.2) is 25.7 Å². The molecule has 1 fully saturated rings. The third-order valence-electron chi connectivity index (χ3n) is 3.18. The van der Waals surface area contributed by atoms with E-state index in [2.05, 4.69) is 29.3 Å². The van der Waals surface area contributed by atoms with Crippen LogP contribution in [0.25, 0.3) is 0 Å². The van der Waals surface area contributed by atoms with Crippen molar-refractivity contribution in [3.63, 3.8) is 0 Å². The lowest BCUT2D eigenvalue weighted by Crippen LogP contribution is -2.41. The molecule has 1 aromatic rings. The lowest BCUT2D eigenvalue weighted by atomic mass is 10.0. The van der Waals surface area contributed by atoms with Gasteiger partial charge >= 0.3 is 0 Å². The molecule has 0 unspecified atom stereocenters. The molecule has 16 heavy (non-hydrogen) atoms. The van der Waals surface area contributed by atoms with Crippen molar-refractivity contribution in [2.75, 3.05) is 24.5 Å². The van der Waals surface area contributed by atoms with Crippen molar-refractivity contribution < 1.29 is 0 Å². The number of hydrogen-bond donors (Lipinski definition) is 0. The van der Waals surface area contributed by atoms with E-state index in [-0.39, 0.29) is 0 Å². The predicted molar refractivity (Wildman–Crippen MR) is 69.4 cm³/mol. The van der Waals surface area contributed by atoms with E-state index in [1.807, 2.05) is 12.1 Å². The van der Waals surface area contributed by atoms with E-state index in [9.17, 15) is 0 Å². The standard InChI is InChI=1S/C13H18ClN2/c1-2-16(13-7-9-15-10-8-13)12-5-3-11(14)4-6-12/h3-6,13H,2,7-10H2,1H3. The molecule has 0 amide bonds. The maximum absolute atomic E-state index is 5.91. The smallest absolute Gasteiger partial charge is 0.0407 e. The first-order valence-electron chi connectivity index (χ1n) is 5.96. The van der Waals surface area contributed by atoms with Gasteiger partial charge in [0.05, 0.1) is 0 Å². The van der Waals surface area contributed by atoms with Crippen LogP contribution in [0.5, 0.6) is 0 Å². The van der Waals surface area contributed by atoms with E-state index < -0.39 is 0 Å². The summed E-state index contributed by atoms with van der Waals surface area (Å²) in [6.45, 7) is 5.27. The van der Waals surface area contributed by atoms with Crippen LogP contribution in [-0.2, 0) is 0 Å². The van der Waals surface area contributed by atoms with Gasteiger partial charge in [-0.15, -0.1) is 0 Å². The molecule has 0 spiro atoms. The fourth-order valence-corrected chi connectivity index (χ4v) is 2.46. The average molecular weight is 238 g/mol. The van der Waals surface area contributed by atoms with Crippen LogP contribution < -0.4 is 10.2 Å². The molecule has 1 heterocycles. The zero-order valence-corrected chi connectivity index (χ0v) is 10.5. The first-order valence-corrected chi connectivity index (χ1v) is 6.34. The van der Waals surface area contributed by atoms with Crippen LogP contribution in [0.3, 0.4) is 0 Å². The highest BCUT2D eigenvalue weighted by Crippen LogP contribution is 2.23. The van der Waals surface area contributed by atoms with Crippen LogP contribution in [0.15, 0.2) is 24.3 Å². The second-order valence-corrected chi connectivity index (χ2v) is 4.60. The Bertz CT molecular complexity index is 317. The summed E-state index contributed by atoms with van der Waals surface area (Å²) in [6.07, 6.45) is 2.35. The first kappa shape index (κ1) is 11.7. The Hall–Kier alpha value is -0.730. The van der Waals surface area contributed by atoms with E-state index in [0.29, 0.717) is 6.04 Å². The van der Waals surface area contributed by atoms with Gasteiger partial charge in [-0.2, -0.15) is 0 Å². The molecular formula is C13H18ClN2. The summed E-state index contributed by atoms with van der Waals surface area (Å²) in [6, 6.07) is 8.79. The monoisotopic (exact) mass is 237 g/mol. The summed E-state index contributed by atoms with van der Waals surface area (Å²) in [5, 5.41) is 5.21. The van der Waals surface area contributed by atoms with Crippen molar-refractivity contribution >= 4 is 17.3 Å². The topological polar surface area (TPSA) is 17.3 Å². The highest BCUT2D eigenvalue weighted by atomic mass is 35.5. The highest BCUT2D eigenvalue weighted by Gasteiger charge is 2.20. The van der Waals surface area contributed by atoms with Crippen LogP contribution in [0.2, 0.25) is 5.02 Å². The summed E-state index contributed by atoms with van der Waals surface area (Å²) >= 11 is 5.91. The Kier molecular flexibility index (Phi) is 4.08. The lowest BCUT2D eigenvalue weighted by molar-refractivity contribution is 0.428. The van der Waals surface area contributed by atoms with Gasteiger partial charge in [0.1, 0.15) is 0 Å². The molecule has 0 bridgehead atoms. The number of piperidine rings is 1. The summed E-state index contributed by atoms with van der Waals surface area (Å²) in [4.78, 5) is 2.46. The summed E-state index contributed by atoms with van der Waals surface area (Å²) in [5.74, 6) is 0. The van der Waals surface area contributed by atoms with Gasteiger partial charge in [0.15, 0.2) is 0 Å². The third kappa shape index (κ3) is 2.69. The summed E-state index contributed by atoms with van der Waals surface area (Å²) in [5.41, 5.74) is 1.28. The van der Waals surface area contributed by atoms with E-state index in [4.69, 9.17) is 11.6 Å². The van der Waals surface area contributed by atoms with E-state index >= 15 is 0 Å². The molecule has 0 aromatic heterocycles. The first-order chi connectivity index (χ1) is 7.81. The Labute approximate surface area is 103 Å². The normalized spacial score (nSPS) is 17.4. The fourth-order valence-electron chi connectivity index (χ4n) is 2.33. The fraction of sp³-hybridized carbons (Fsp3) is 0.538. The largest absolute Gasteiger partial charge is 0.369 e. The minimum atomic E-state index is 0.642. The minimum absolute atomic E-state index is 0.642. The second-order valence-electron chi connectivity index (χ2n) is 4.16. The maximum atomic E-state index is 5.91. The molecule has 0 atom stereocenters. The van der Waals surface area contributed by atoms with Crippen molar-refractivity contribution in [1.29, 1.82) is 0 Å². The molecule has 2 nitrogen and oxygen atoms in total. The predicted octanol–water partition coefficient (Wildman–Crippen LogP) is 2.93. The lowest BCUT2D eigenvalue weighted by Gasteiger charge is -2.35. The molecular weight excluding hydrogens is 220 g/mol. The third-order valence-corrected chi connectivity index (χ3v) is 3.43. The average Bonchev–Trinajstić information content (AvgIpc) is 2.34. The quantitative estimate of drug-likeness (QED) is 0.790. The van der Waals surface area contributed by atoms with E-state index in [0.717, 1.165) is 24.7 Å². The van der Waals surface area contributed by atoms with Crippen LogP contribution in [0, 0.1) is 0 Å². The zero-order valence-electron chi connectivity index (χ0n) is 9.69. The van der Waals surface area contributed by atoms with Gasteiger partial charge in [0.2, 0.25) is 0 Å². The molecule has 2 rings (SSSR count). The van der Waals surface area contributed by atoms with Gasteiger partial charge in [0.25, 0.3) is 0 Å². The Morgan fingerprint density at radius 2 is 1.88 bits per heavy atom. The number of nitrogens with zero attached hydrogens (tertiary/aromatic N) is 2. The molecule has 1 aliphatic heterocycles. The molecule has 0 saturated carbocycles. The van der Waals surface area contributed by atoms with Crippen LogP contribution >= 0.6 is 11.6 Å².